The number of rotatable bonds is 4. The van der Waals surface area contributed by atoms with E-state index in [-0.39, 0.29) is 18.5 Å². The Hall–Kier alpha value is -0.770. The minimum Gasteiger partial charge on any atom is -0.324 e. The van der Waals surface area contributed by atoms with E-state index in [9.17, 15) is 4.79 Å². The molecule has 0 radical (unpaired) electrons. The van der Waals surface area contributed by atoms with Gasteiger partial charge in [0.15, 0.2) is 0 Å². The van der Waals surface area contributed by atoms with E-state index in [0.29, 0.717) is 15.7 Å². The molecule has 0 bridgehead atoms. The molecule has 0 atom stereocenters. The van der Waals surface area contributed by atoms with Crippen molar-refractivity contribution in [1.29, 1.82) is 0 Å². The van der Waals surface area contributed by atoms with Gasteiger partial charge < -0.3 is 10.6 Å². The summed E-state index contributed by atoms with van der Waals surface area (Å²) in [6.45, 7) is 4.19. The van der Waals surface area contributed by atoms with Crippen molar-refractivity contribution in [3.05, 3.63) is 28.2 Å². The molecular weight excluding hydrogens is 247 g/mol. The standard InChI is InChI=1S/C11H14Cl2N2O/c1-7(2)14-6-11(16)15-10-5-8(12)3-4-9(10)13/h3-5,7,14H,6H2,1-2H3,(H,15,16). The van der Waals surface area contributed by atoms with Gasteiger partial charge in [-0.05, 0) is 18.2 Å². The summed E-state index contributed by atoms with van der Waals surface area (Å²) in [5, 5.41) is 6.71. The van der Waals surface area contributed by atoms with E-state index in [1.165, 1.54) is 0 Å². The van der Waals surface area contributed by atoms with Gasteiger partial charge in [-0.15, -0.1) is 0 Å². The number of hydrogen-bond acceptors (Lipinski definition) is 2. The first-order chi connectivity index (χ1) is 7.49. The Morgan fingerprint density at radius 1 is 1.38 bits per heavy atom. The fourth-order valence-corrected chi connectivity index (χ4v) is 1.42. The van der Waals surface area contributed by atoms with Gasteiger partial charge in [-0.1, -0.05) is 37.0 Å². The number of halogens is 2. The highest BCUT2D eigenvalue weighted by Gasteiger charge is 2.06. The molecule has 0 saturated carbocycles. The van der Waals surface area contributed by atoms with Crippen LogP contribution in [0.15, 0.2) is 18.2 Å². The van der Waals surface area contributed by atoms with E-state index in [2.05, 4.69) is 10.6 Å². The molecule has 2 N–H and O–H groups in total. The zero-order chi connectivity index (χ0) is 12.1. The summed E-state index contributed by atoms with van der Waals surface area (Å²) >= 11 is 11.7. The quantitative estimate of drug-likeness (QED) is 0.874. The van der Waals surface area contributed by atoms with Crippen LogP contribution in [0.3, 0.4) is 0 Å². The van der Waals surface area contributed by atoms with Crippen molar-refractivity contribution in [3.63, 3.8) is 0 Å². The van der Waals surface area contributed by atoms with Crippen LogP contribution in [0.2, 0.25) is 10.0 Å². The van der Waals surface area contributed by atoms with Crippen LogP contribution in [-0.4, -0.2) is 18.5 Å². The first kappa shape index (κ1) is 13.3. The van der Waals surface area contributed by atoms with Gasteiger partial charge in [-0.2, -0.15) is 0 Å². The van der Waals surface area contributed by atoms with Crippen LogP contribution < -0.4 is 10.6 Å². The Labute approximate surface area is 105 Å². The minimum absolute atomic E-state index is 0.141. The summed E-state index contributed by atoms with van der Waals surface area (Å²) in [5.41, 5.74) is 0.532. The van der Waals surface area contributed by atoms with E-state index in [1.54, 1.807) is 18.2 Å². The van der Waals surface area contributed by atoms with Gasteiger partial charge in [0, 0.05) is 11.1 Å². The lowest BCUT2D eigenvalue weighted by Gasteiger charge is -2.10. The minimum atomic E-state index is -0.141. The van der Waals surface area contributed by atoms with Crippen molar-refractivity contribution in [2.75, 3.05) is 11.9 Å². The molecule has 0 unspecified atom stereocenters. The third kappa shape index (κ3) is 4.39. The van der Waals surface area contributed by atoms with Crippen LogP contribution in [-0.2, 0) is 4.79 Å². The van der Waals surface area contributed by atoms with Crippen molar-refractivity contribution in [1.82, 2.24) is 5.32 Å². The average Bonchev–Trinajstić information content (AvgIpc) is 2.20. The molecule has 0 aliphatic heterocycles. The molecule has 16 heavy (non-hydrogen) atoms. The molecule has 0 aliphatic carbocycles. The number of amides is 1. The summed E-state index contributed by atoms with van der Waals surface area (Å²) < 4.78 is 0. The van der Waals surface area contributed by atoms with E-state index in [1.807, 2.05) is 13.8 Å². The number of carbonyl (C=O) groups is 1. The van der Waals surface area contributed by atoms with Crippen LogP contribution >= 0.6 is 23.2 Å². The van der Waals surface area contributed by atoms with E-state index >= 15 is 0 Å². The molecule has 0 heterocycles. The molecule has 5 heteroatoms. The molecule has 1 rings (SSSR count). The Balaban J connectivity index is 2.59. The smallest absolute Gasteiger partial charge is 0.238 e. The fraction of sp³-hybridized carbons (Fsp3) is 0.364. The number of benzene rings is 1. The molecule has 0 saturated heterocycles. The summed E-state index contributed by atoms with van der Waals surface area (Å²) in [4.78, 5) is 11.5. The van der Waals surface area contributed by atoms with Crippen molar-refractivity contribution < 1.29 is 4.79 Å². The maximum absolute atomic E-state index is 11.5. The summed E-state index contributed by atoms with van der Waals surface area (Å²) in [6.07, 6.45) is 0. The van der Waals surface area contributed by atoms with E-state index in [4.69, 9.17) is 23.2 Å². The lowest BCUT2D eigenvalue weighted by molar-refractivity contribution is -0.115. The van der Waals surface area contributed by atoms with Gasteiger partial charge in [-0.3, -0.25) is 4.79 Å². The highest BCUT2D eigenvalue weighted by molar-refractivity contribution is 6.35. The lowest BCUT2D eigenvalue weighted by atomic mass is 10.3. The summed E-state index contributed by atoms with van der Waals surface area (Å²) in [5.74, 6) is -0.141. The molecule has 1 aromatic carbocycles. The van der Waals surface area contributed by atoms with Crippen LogP contribution in [0.1, 0.15) is 13.8 Å². The van der Waals surface area contributed by atoms with Gasteiger partial charge in [0.25, 0.3) is 0 Å². The zero-order valence-electron chi connectivity index (χ0n) is 9.18. The number of carbonyl (C=O) groups excluding carboxylic acids is 1. The van der Waals surface area contributed by atoms with Crippen molar-refractivity contribution in [2.24, 2.45) is 0 Å². The summed E-state index contributed by atoms with van der Waals surface area (Å²) in [7, 11) is 0. The molecule has 0 spiro atoms. The molecule has 0 aromatic heterocycles. The number of hydrogen-bond donors (Lipinski definition) is 2. The summed E-state index contributed by atoms with van der Waals surface area (Å²) in [6, 6.07) is 5.21. The van der Waals surface area contributed by atoms with Gasteiger partial charge in [0.05, 0.1) is 17.3 Å². The van der Waals surface area contributed by atoms with Crippen LogP contribution in [0.5, 0.6) is 0 Å². The van der Waals surface area contributed by atoms with Gasteiger partial charge in [-0.25, -0.2) is 0 Å². The Kier molecular flexibility index (Phi) is 5.06. The predicted octanol–water partition coefficient (Wildman–Crippen LogP) is 2.93. The highest BCUT2D eigenvalue weighted by Crippen LogP contribution is 2.25. The van der Waals surface area contributed by atoms with Gasteiger partial charge >= 0.3 is 0 Å². The second-order valence-electron chi connectivity index (χ2n) is 3.71. The maximum Gasteiger partial charge on any atom is 0.238 e. The molecule has 1 aromatic rings. The molecule has 0 fully saturated rings. The monoisotopic (exact) mass is 260 g/mol. The van der Waals surface area contributed by atoms with E-state index in [0.717, 1.165) is 0 Å². The van der Waals surface area contributed by atoms with E-state index < -0.39 is 0 Å². The first-order valence-electron chi connectivity index (χ1n) is 4.97. The Morgan fingerprint density at radius 3 is 2.69 bits per heavy atom. The van der Waals surface area contributed by atoms with Crippen molar-refractivity contribution >= 4 is 34.8 Å². The molecule has 0 aliphatic rings. The Bertz CT molecular complexity index is 380. The van der Waals surface area contributed by atoms with Crippen LogP contribution in [0.25, 0.3) is 0 Å². The Morgan fingerprint density at radius 2 is 2.06 bits per heavy atom. The van der Waals surface area contributed by atoms with Crippen molar-refractivity contribution in [2.45, 2.75) is 19.9 Å². The van der Waals surface area contributed by atoms with Gasteiger partial charge in [0.1, 0.15) is 0 Å². The second kappa shape index (κ2) is 6.09. The topological polar surface area (TPSA) is 41.1 Å². The molecule has 1 amide bonds. The SMILES string of the molecule is CC(C)NCC(=O)Nc1cc(Cl)ccc1Cl. The zero-order valence-corrected chi connectivity index (χ0v) is 10.7. The predicted molar refractivity (Wildman–Crippen MR) is 68.2 cm³/mol. The molecular formula is C11H14Cl2N2O. The first-order valence-corrected chi connectivity index (χ1v) is 5.73. The maximum atomic E-state index is 11.5. The normalized spacial score (nSPS) is 10.6. The third-order valence-corrected chi connectivity index (χ3v) is 2.44. The van der Waals surface area contributed by atoms with Gasteiger partial charge in [0.2, 0.25) is 5.91 Å². The number of anilines is 1. The molecule has 88 valence electrons. The average molecular weight is 261 g/mol. The lowest BCUT2D eigenvalue weighted by Crippen LogP contribution is -2.32. The fourth-order valence-electron chi connectivity index (χ4n) is 1.08. The second-order valence-corrected chi connectivity index (χ2v) is 4.55. The largest absolute Gasteiger partial charge is 0.324 e. The van der Waals surface area contributed by atoms with Crippen LogP contribution in [0, 0.1) is 0 Å². The molecule has 3 nitrogen and oxygen atoms in total. The third-order valence-electron chi connectivity index (χ3n) is 1.87. The highest BCUT2D eigenvalue weighted by atomic mass is 35.5. The van der Waals surface area contributed by atoms with Crippen LogP contribution in [0.4, 0.5) is 5.69 Å². The number of nitrogens with one attached hydrogen (secondary N) is 2. The van der Waals surface area contributed by atoms with Crippen molar-refractivity contribution in [3.8, 4) is 0 Å².